The van der Waals surface area contributed by atoms with E-state index in [9.17, 15) is 4.79 Å². The first kappa shape index (κ1) is 21.1. The smallest absolute Gasteiger partial charge is 0.253 e. The number of hydrogen-bond acceptors (Lipinski definition) is 4. The molecule has 4 rings (SSSR count). The molecule has 1 amide bonds. The molecule has 2 aliphatic heterocycles. The van der Waals surface area contributed by atoms with Crippen molar-refractivity contribution in [3.63, 3.8) is 0 Å². The van der Waals surface area contributed by atoms with Crippen LogP contribution in [-0.4, -0.2) is 68.3 Å². The van der Waals surface area contributed by atoms with E-state index < -0.39 is 0 Å². The van der Waals surface area contributed by atoms with Crippen molar-refractivity contribution < 1.29 is 14.3 Å². The molecule has 1 atom stereocenters. The molecule has 0 radical (unpaired) electrons. The number of piperidine rings is 2. The summed E-state index contributed by atoms with van der Waals surface area (Å²) in [6.45, 7) is 3.47. The van der Waals surface area contributed by atoms with E-state index in [-0.39, 0.29) is 12.0 Å². The van der Waals surface area contributed by atoms with Gasteiger partial charge < -0.3 is 19.3 Å². The third kappa shape index (κ3) is 4.96. The second-order valence-corrected chi connectivity index (χ2v) is 8.72. The lowest BCUT2D eigenvalue weighted by molar-refractivity contribution is 0.0351. The Bertz CT molecular complexity index is 861. The molecule has 5 nitrogen and oxygen atoms in total. The van der Waals surface area contributed by atoms with Crippen molar-refractivity contribution in [2.75, 3.05) is 40.4 Å². The van der Waals surface area contributed by atoms with Gasteiger partial charge in [-0.1, -0.05) is 18.6 Å². The summed E-state index contributed by atoms with van der Waals surface area (Å²) < 4.78 is 11.5. The molecule has 30 heavy (non-hydrogen) atoms. The number of rotatable bonds is 6. The Hall–Kier alpha value is -2.11. The van der Waals surface area contributed by atoms with Gasteiger partial charge in [0.05, 0.1) is 12.7 Å². The number of carbonyl (C=O) groups excluding carboxylic acids is 1. The number of fused-ring (bicyclic) bond motifs is 1. The number of nitrogens with zero attached hydrogens (tertiary/aromatic N) is 2. The van der Waals surface area contributed by atoms with E-state index >= 15 is 0 Å². The number of ether oxygens (including phenoxy) is 2. The Balaban J connectivity index is 1.36. The standard InChI is InChI=1S/C25H34N2O3/c1-26-13-4-3-5-22(26)12-16-30-24-9-8-19-17-21(7-6-20(19)18-24)25(28)27-14-10-23(29-2)11-15-27/h6-9,17-18,22-23H,3-5,10-16H2,1-2H3. The van der Waals surface area contributed by atoms with Crippen LogP contribution in [0.4, 0.5) is 0 Å². The number of likely N-dealkylation sites (tertiary alicyclic amines) is 2. The highest BCUT2D eigenvalue weighted by Gasteiger charge is 2.23. The first-order valence-electron chi connectivity index (χ1n) is 11.3. The molecular formula is C25H34N2O3. The van der Waals surface area contributed by atoms with Crippen LogP contribution in [0.2, 0.25) is 0 Å². The van der Waals surface area contributed by atoms with E-state index in [4.69, 9.17) is 9.47 Å². The van der Waals surface area contributed by atoms with Crippen molar-refractivity contribution in [3.8, 4) is 5.75 Å². The highest BCUT2D eigenvalue weighted by Crippen LogP contribution is 2.25. The fraction of sp³-hybridized carbons (Fsp3) is 0.560. The van der Waals surface area contributed by atoms with E-state index in [1.54, 1.807) is 7.11 Å². The van der Waals surface area contributed by atoms with Gasteiger partial charge in [-0.3, -0.25) is 4.79 Å². The first-order chi connectivity index (χ1) is 14.6. The molecule has 0 aliphatic carbocycles. The summed E-state index contributed by atoms with van der Waals surface area (Å²) >= 11 is 0. The molecule has 162 valence electrons. The van der Waals surface area contributed by atoms with Gasteiger partial charge in [0.2, 0.25) is 0 Å². The van der Waals surface area contributed by atoms with Crippen molar-refractivity contribution in [3.05, 3.63) is 42.0 Å². The van der Waals surface area contributed by atoms with Crippen LogP contribution >= 0.6 is 0 Å². The van der Waals surface area contributed by atoms with Gasteiger partial charge in [0.25, 0.3) is 5.91 Å². The van der Waals surface area contributed by atoms with Gasteiger partial charge in [-0.2, -0.15) is 0 Å². The third-order valence-electron chi connectivity index (χ3n) is 6.76. The van der Waals surface area contributed by atoms with Gasteiger partial charge >= 0.3 is 0 Å². The van der Waals surface area contributed by atoms with Crippen LogP contribution in [-0.2, 0) is 4.74 Å². The maximum Gasteiger partial charge on any atom is 0.253 e. The molecule has 2 fully saturated rings. The minimum absolute atomic E-state index is 0.114. The second-order valence-electron chi connectivity index (χ2n) is 8.72. The fourth-order valence-electron chi connectivity index (χ4n) is 4.75. The molecule has 2 aliphatic rings. The van der Waals surface area contributed by atoms with Crippen molar-refractivity contribution in [2.24, 2.45) is 0 Å². The average Bonchev–Trinajstić information content (AvgIpc) is 2.79. The molecule has 0 bridgehead atoms. The lowest BCUT2D eigenvalue weighted by atomic mass is 10.0. The maximum atomic E-state index is 12.9. The van der Waals surface area contributed by atoms with Crippen molar-refractivity contribution >= 4 is 16.7 Å². The zero-order valence-electron chi connectivity index (χ0n) is 18.3. The summed E-state index contributed by atoms with van der Waals surface area (Å²) in [6.07, 6.45) is 7.09. The number of carbonyl (C=O) groups is 1. The van der Waals surface area contributed by atoms with Crippen LogP contribution < -0.4 is 4.74 Å². The monoisotopic (exact) mass is 410 g/mol. The highest BCUT2D eigenvalue weighted by atomic mass is 16.5. The molecule has 0 saturated carbocycles. The van der Waals surface area contributed by atoms with Crippen LogP contribution in [0, 0.1) is 0 Å². The third-order valence-corrected chi connectivity index (χ3v) is 6.76. The highest BCUT2D eigenvalue weighted by molar-refractivity contribution is 5.98. The quantitative estimate of drug-likeness (QED) is 0.710. The van der Waals surface area contributed by atoms with E-state index in [1.165, 1.54) is 25.8 Å². The Morgan fingerprint density at radius 1 is 1.00 bits per heavy atom. The summed E-state index contributed by atoms with van der Waals surface area (Å²) in [5, 5.41) is 2.18. The number of benzene rings is 2. The van der Waals surface area contributed by atoms with Gasteiger partial charge in [-0.25, -0.2) is 0 Å². The molecule has 2 heterocycles. The molecule has 0 N–H and O–H groups in total. The van der Waals surface area contributed by atoms with Crippen molar-refractivity contribution in [1.82, 2.24) is 9.80 Å². The molecule has 0 spiro atoms. The van der Waals surface area contributed by atoms with E-state index in [2.05, 4.69) is 24.1 Å². The molecule has 2 saturated heterocycles. The minimum atomic E-state index is 0.114. The average molecular weight is 411 g/mol. The van der Waals surface area contributed by atoms with E-state index in [0.29, 0.717) is 6.04 Å². The molecule has 5 heteroatoms. The fourth-order valence-corrected chi connectivity index (χ4v) is 4.75. The topological polar surface area (TPSA) is 42.0 Å². The second kappa shape index (κ2) is 9.80. The SMILES string of the molecule is COC1CCN(C(=O)c2ccc3cc(OCCC4CCCCN4C)ccc3c2)CC1. The van der Waals surface area contributed by atoms with Gasteiger partial charge in [0.1, 0.15) is 5.75 Å². The van der Waals surface area contributed by atoms with Crippen LogP contribution in [0.25, 0.3) is 10.8 Å². The maximum absolute atomic E-state index is 12.9. The summed E-state index contributed by atoms with van der Waals surface area (Å²) in [5.41, 5.74) is 0.757. The Morgan fingerprint density at radius 2 is 1.77 bits per heavy atom. The lowest BCUT2D eigenvalue weighted by Gasteiger charge is -2.32. The molecule has 0 aromatic heterocycles. The zero-order valence-corrected chi connectivity index (χ0v) is 18.3. The van der Waals surface area contributed by atoms with Crippen molar-refractivity contribution in [1.29, 1.82) is 0 Å². The summed E-state index contributed by atoms with van der Waals surface area (Å²) in [6, 6.07) is 12.8. The summed E-state index contributed by atoms with van der Waals surface area (Å²) in [4.78, 5) is 17.3. The lowest BCUT2D eigenvalue weighted by Crippen LogP contribution is -2.40. The normalized spacial score (nSPS) is 21.1. The van der Waals surface area contributed by atoms with Crippen LogP contribution in [0.15, 0.2) is 36.4 Å². The summed E-state index contributed by atoms with van der Waals surface area (Å²) in [7, 11) is 3.97. The van der Waals surface area contributed by atoms with E-state index in [1.807, 2.05) is 29.2 Å². The Morgan fingerprint density at radius 3 is 2.53 bits per heavy atom. The van der Waals surface area contributed by atoms with Crippen molar-refractivity contribution in [2.45, 2.75) is 50.7 Å². The molecule has 1 unspecified atom stereocenters. The Kier molecular flexibility index (Phi) is 6.90. The van der Waals surface area contributed by atoms with Gasteiger partial charge in [-0.05, 0) is 80.7 Å². The van der Waals surface area contributed by atoms with Gasteiger partial charge in [0.15, 0.2) is 0 Å². The number of methoxy groups -OCH3 is 1. The molecular weight excluding hydrogens is 376 g/mol. The van der Waals surface area contributed by atoms with Crippen LogP contribution in [0.3, 0.4) is 0 Å². The molecule has 2 aromatic rings. The first-order valence-corrected chi connectivity index (χ1v) is 11.3. The van der Waals surface area contributed by atoms with Crippen LogP contribution in [0.5, 0.6) is 5.75 Å². The molecule has 2 aromatic carbocycles. The van der Waals surface area contributed by atoms with E-state index in [0.717, 1.165) is 61.0 Å². The largest absolute Gasteiger partial charge is 0.494 e. The zero-order chi connectivity index (χ0) is 20.9. The van der Waals surface area contributed by atoms with Gasteiger partial charge in [-0.15, -0.1) is 0 Å². The summed E-state index contributed by atoms with van der Waals surface area (Å²) in [5.74, 6) is 1.02. The van der Waals surface area contributed by atoms with Gasteiger partial charge in [0, 0.05) is 31.8 Å². The number of hydrogen-bond donors (Lipinski definition) is 0. The minimum Gasteiger partial charge on any atom is -0.494 e. The predicted molar refractivity (Wildman–Crippen MR) is 120 cm³/mol. The predicted octanol–water partition coefficient (Wildman–Crippen LogP) is 4.34. The number of amides is 1. The van der Waals surface area contributed by atoms with Crippen LogP contribution in [0.1, 0.15) is 48.9 Å². The Labute approximate surface area is 179 Å².